The van der Waals surface area contributed by atoms with Crippen LogP contribution in [0.5, 0.6) is 11.5 Å². The Morgan fingerprint density at radius 1 is 0.543 bits per heavy atom. The van der Waals surface area contributed by atoms with E-state index in [4.69, 9.17) is 95.5 Å². The standard InChI is InChI=1S/C37H40FN2O10PS3.C37H41FNO7PS3.2C4H9NO/c1-25-32(21-26-5-12-30(13-6-26)54(2)45)31-14-7-27(38)22-34(31)33(25)23-36(41)50-35(24-47-17-3-4-18-48-40(43)44)37(42)49-28-8-10-29(11-9-28)51(52,53)39-15-19-46-20-16-39;1-4-5-18-44-24-35(37(41)45-28-9-11-29(12-10-28)47(48,49)39-16-19-43-20-17-39)46-36(40)23-33-25(2)32(31-15-8-27(38)22-34(31)33)21-26-6-13-30(14-7-26)50(3)42;2*1-3-6-4-2-5-1/h5-14,21-22,35H,3-4,15-20,23-24H2,1-2H3,(H,52,53);6-15,21-22,35H,4-5,16-20,23-24H2,1-3H3,(H,48,49);2*5H,1-4H2/b2*32-21-;;. The number of fused-ring (bicyclic) bond motifs is 2. The first-order valence-corrected chi connectivity index (χ1v) is 48.8. The van der Waals surface area contributed by atoms with E-state index in [1.54, 1.807) is 97.4 Å². The van der Waals surface area contributed by atoms with E-state index in [0.717, 1.165) is 121 Å². The molecule has 4 N–H and O–H groups in total. The van der Waals surface area contributed by atoms with Crippen molar-refractivity contribution in [1.29, 1.82) is 0 Å². The van der Waals surface area contributed by atoms with E-state index in [1.807, 2.05) is 57.2 Å². The van der Waals surface area contributed by atoms with Crippen molar-refractivity contribution < 1.29 is 104 Å². The van der Waals surface area contributed by atoms with Gasteiger partial charge in [-0.05, 0) is 195 Å². The number of hydrogen-bond acceptors (Lipinski definition) is 23. The number of carbonyl (C=O) groups excluding carboxylic acids is 4. The summed E-state index contributed by atoms with van der Waals surface area (Å²) in [5.41, 5.74) is 8.52. The number of morpholine rings is 4. The van der Waals surface area contributed by atoms with Crippen molar-refractivity contribution >= 4 is 149 Å². The zero-order valence-electron chi connectivity index (χ0n) is 65.5. The summed E-state index contributed by atoms with van der Waals surface area (Å²) in [6, 6.07) is 36.8. The molecule has 0 saturated carbocycles. The number of unbranched alkanes of at least 4 members (excludes halogenated alkanes) is 2. The quantitative estimate of drug-likeness (QED) is 0.00779. The van der Waals surface area contributed by atoms with Gasteiger partial charge in [-0.25, -0.2) is 18.4 Å². The summed E-state index contributed by atoms with van der Waals surface area (Å²) < 4.78 is 112. The maximum absolute atomic E-state index is 14.5. The van der Waals surface area contributed by atoms with E-state index in [9.17, 15) is 46.5 Å². The molecule has 24 nitrogen and oxygen atoms in total. The van der Waals surface area contributed by atoms with Crippen LogP contribution in [0.25, 0.3) is 34.4 Å². The molecule has 626 valence electrons. The van der Waals surface area contributed by atoms with Crippen molar-refractivity contribution in [2.24, 2.45) is 0 Å². The number of allylic oxidation sites excluding steroid dienone is 4. The van der Waals surface area contributed by atoms with Gasteiger partial charge in [0.1, 0.15) is 23.1 Å². The summed E-state index contributed by atoms with van der Waals surface area (Å²) in [7, 11) is -2.24. The molecule has 0 spiro atoms. The van der Waals surface area contributed by atoms with Crippen molar-refractivity contribution in [3.05, 3.63) is 200 Å². The molecule has 0 radical (unpaired) electrons. The average molecular weight is 1750 g/mol. The summed E-state index contributed by atoms with van der Waals surface area (Å²) in [4.78, 5) is 70.0. The predicted octanol–water partition coefficient (Wildman–Crippen LogP) is 9.21. The Morgan fingerprint density at radius 2 is 0.905 bits per heavy atom. The summed E-state index contributed by atoms with van der Waals surface area (Å²) in [5.74, 6) is -3.61. The van der Waals surface area contributed by atoms with E-state index in [-0.39, 0.29) is 50.8 Å². The highest BCUT2D eigenvalue weighted by Gasteiger charge is 2.33. The lowest BCUT2D eigenvalue weighted by atomic mass is 10.0. The highest BCUT2D eigenvalue weighted by Crippen LogP contribution is 2.49. The number of benzene rings is 6. The Bertz CT molecular complexity index is 4590. The summed E-state index contributed by atoms with van der Waals surface area (Å²) in [6.07, 6.45) is 6.16. The molecular formula is C82H99F2N5O19P2S6. The highest BCUT2D eigenvalue weighted by molar-refractivity contribution is 8.57. The molecular weight excluding hydrogens is 1650 g/mol. The third kappa shape index (κ3) is 28.1. The van der Waals surface area contributed by atoms with Gasteiger partial charge in [0.05, 0.1) is 112 Å². The van der Waals surface area contributed by atoms with Gasteiger partial charge in [0.2, 0.25) is 12.2 Å². The second-order valence-corrected chi connectivity index (χ2v) is 42.0. The molecule has 6 aromatic carbocycles. The second-order valence-electron chi connectivity index (χ2n) is 27.3. The molecule has 0 bridgehead atoms. The lowest BCUT2D eigenvalue weighted by Crippen LogP contribution is -2.87. The van der Waals surface area contributed by atoms with E-state index in [1.165, 1.54) is 24.3 Å². The molecule has 6 atom stereocenters. The first-order chi connectivity index (χ1) is 55.8. The fourth-order valence-corrected chi connectivity index (χ4v) is 20.3. The third-order valence-electron chi connectivity index (χ3n) is 19.1. The topological polar surface area (TPSA) is 287 Å². The molecule has 116 heavy (non-hydrogen) atoms. The van der Waals surface area contributed by atoms with Crippen LogP contribution < -0.4 is 30.7 Å². The zero-order chi connectivity index (χ0) is 83.2. The smallest absolute Gasteiger partial charge is 0.355 e. The minimum atomic E-state index is -2.47. The van der Waals surface area contributed by atoms with Gasteiger partial charge >= 0.3 is 23.9 Å². The number of hydrogen-bond donors (Lipinski definition) is 2. The van der Waals surface area contributed by atoms with E-state index in [2.05, 4.69) is 24.8 Å². The van der Waals surface area contributed by atoms with Gasteiger partial charge in [0.25, 0.3) is 5.09 Å². The fourth-order valence-electron chi connectivity index (χ4n) is 12.8. The molecule has 4 fully saturated rings. The van der Waals surface area contributed by atoms with E-state index < -0.39 is 85.2 Å². The maximum Gasteiger partial charge on any atom is 0.355 e. The van der Waals surface area contributed by atoms with Crippen molar-refractivity contribution in [2.45, 2.75) is 81.3 Å². The summed E-state index contributed by atoms with van der Waals surface area (Å²) in [5, 5.41) is 10.8. The van der Waals surface area contributed by atoms with Crippen LogP contribution >= 0.6 is 10.8 Å². The monoisotopic (exact) mass is 1750 g/mol. The predicted molar refractivity (Wildman–Crippen MR) is 455 cm³/mol. The number of carbonyl (C=O) groups is 4. The van der Waals surface area contributed by atoms with Crippen LogP contribution in [0.2, 0.25) is 0 Å². The van der Waals surface area contributed by atoms with Gasteiger partial charge in [-0.2, -0.15) is 0 Å². The Labute approximate surface area is 701 Å². The highest BCUT2D eigenvalue weighted by atomic mass is 32.9. The molecule has 6 aliphatic rings. The van der Waals surface area contributed by atoms with Crippen LogP contribution in [0.15, 0.2) is 154 Å². The summed E-state index contributed by atoms with van der Waals surface area (Å²) >= 11 is 23.4. The molecule has 12 rings (SSSR count). The molecule has 4 aliphatic heterocycles. The number of ether oxygens (including phenoxy) is 10. The molecule has 4 heterocycles. The molecule has 6 unspecified atom stereocenters. The van der Waals surface area contributed by atoms with Gasteiger partial charge in [0, 0.05) is 83.3 Å². The number of quaternary nitrogens is 2. The molecule has 4 saturated heterocycles. The van der Waals surface area contributed by atoms with E-state index in [0.29, 0.717) is 104 Å². The number of rotatable bonds is 31. The summed E-state index contributed by atoms with van der Waals surface area (Å²) in [6.45, 7) is 18.8. The molecule has 2 aliphatic carbocycles. The van der Waals surface area contributed by atoms with Gasteiger partial charge < -0.3 is 87.3 Å². The van der Waals surface area contributed by atoms with Gasteiger partial charge in [-0.3, -0.25) is 27.3 Å². The van der Waals surface area contributed by atoms with E-state index >= 15 is 0 Å². The number of nitrogens with zero attached hydrogens (tertiary/aromatic N) is 3. The van der Waals surface area contributed by atoms with Crippen LogP contribution in [-0.4, -0.2) is 210 Å². The first-order valence-electron chi connectivity index (χ1n) is 38.2. The van der Waals surface area contributed by atoms with Crippen LogP contribution in [0, 0.1) is 21.7 Å². The largest absolute Gasteiger partial charge is 0.727 e. The number of nitrogens with two attached hydrogens (primary N) is 2. The third-order valence-corrected chi connectivity index (χ3v) is 30.4. The van der Waals surface area contributed by atoms with Gasteiger partial charge in [-0.15, -0.1) is 33.7 Å². The molecule has 0 amide bonds. The Morgan fingerprint density at radius 3 is 1.24 bits per heavy atom. The second kappa shape index (κ2) is 47.2. The van der Waals surface area contributed by atoms with Crippen LogP contribution in [0.3, 0.4) is 0 Å². The number of esters is 4. The van der Waals surface area contributed by atoms with Crippen molar-refractivity contribution in [1.82, 2.24) is 9.34 Å². The van der Waals surface area contributed by atoms with Crippen molar-refractivity contribution in [3.8, 4) is 11.5 Å². The minimum absolute atomic E-state index is 0.0995. The van der Waals surface area contributed by atoms with Crippen LogP contribution in [0.4, 0.5) is 8.78 Å². The van der Waals surface area contributed by atoms with Crippen LogP contribution in [0.1, 0.15) is 92.7 Å². The van der Waals surface area contributed by atoms with Gasteiger partial charge in [0.15, 0.2) is 0 Å². The first kappa shape index (κ1) is 93.0. The Balaban J connectivity index is 0.000000231. The van der Waals surface area contributed by atoms with Crippen LogP contribution in [-0.2, 0) is 132 Å². The lowest BCUT2D eigenvalue weighted by molar-refractivity contribution is -0.757. The lowest BCUT2D eigenvalue weighted by Gasteiger charge is -2.43. The fraction of sp³-hybridized carbons (Fsp3) is 0.415. The minimum Gasteiger partial charge on any atom is -0.727 e. The Hall–Kier alpha value is -6.88. The zero-order valence-corrected chi connectivity index (χ0v) is 72.1. The Kier molecular flexibility index (Phi) is 37.8. The maximum atomic E-state index is 14.5. The molecule has 6 aromatic rings. The normalized spacial score (nSPS) is 18.3. The number of halogens is 2. The SMILES string of the molecule is C1COCC[NH2+]1.C1COCC[NH2+]1.CC1=C(CC(=O)OC(COCCCCO[N+](=O)[O-])C(=O)Oc2ccc(P(=S)([S-])N3CCOCC3)cc2)c2cc(F)ccc2/C1=C\c1ccc(S(C)=O)cc1.CCCCOCC(OC(=O)CC1=C(C)/C(=C/c2ccc(S(C)=O)cc2)c2ccc(F)cc21)C(=O)Oc1ccc(P(=S)([S-])N2CCOCC2)cc1. The average Bonchev–Trinajstić information content (AvgIpc) is 1.62. The van der Waals surface area contributed by atoms with Crippen molar-refractivity contribution in [3.63, 3.8) is 0 Å². The van der Waals surface area contributed by atoms with Gasteiger partial charge in [-0.1, -0.05) is 84.8 Å². The molecule has 0 aromatic heterocycles. The molecule has 34 heteroatoms. The van der Waals surface area contributed by atoms with Crippen molar-refractivity contribution in [2.75, 3.05) is 151 Å².